The Morgan fingerprint density at radius 2 is 2.10 bits per heavy atom. The Kier molecular flexibility index (Phi) is 3.37. The van der Waals surface area contributed by atoms with Crippen LogP contribution in [0.15, 0.2) is 0 Å². The van der Waals surface area contributed by atoms with E-state index in [1.54, 1.807) is 5.43 Å². The topological polar surface area (TPSA) is 113 Å². The van der Waals surface area contributed by atoms with Gasteiger partial charge in [-0.1, -0.05) is 0 Å². The lowest BCUT2D eigenvalue weighted by Crippen LogP contribution is -2.35. The van der Waals surface area contributed by atoms with E-state index in [0.717, 1.165) is 0 Å². The molecular formula is C4H7N2O4. The molecule has 0 fully saturated rings. The highest BCUT2D eigenvalue weighted by molar-refractivity contribution is 5.91. The second kappa shape index (κ2) is 3.80. The molecule has 0 saturated heterocycles. The van der Waals surface area contributed by atoms with Crippen LogP contribution >= 0.6 is 0 Å². The number of amides is 1. The van der Waals surface area contributed by atoms with Crippen LogP contribution in [0.4, 0.5) is 0 Å². The molecule has 0 aliphatic heterocycles. The number of nitrogens with one attached hydrogen (secondary N) is 1. The summed E-state index contributed by atoms with van der Waals surface area (Å²) in [5.41, 5.74) is 1.63. The van der Waals surface area contributed by atoms with Crippen LogP contribution in [0.25, 0.3) is 0 Å². The summed E-state index contributed by atoms with van der Waals surface area (Å²) in [7, 11) is 0. The van der Waals surface area contributed by atoms with Crippen LogP contribution in [0, 0.1) is 6.42 Å². The molecule has 1 atom stereocenters. The number of aliphatic hydroxyl groups is 1. The molecule has 1 unspecified atom stereocenters. The molecule has 5 N–H and O–H groups in total. The fraction of sp³-hybridized carbons (Fsp3) is 0.250. The van der Waals surface area contributed by atoms with E-state index in [0.29, 0.717) is 6.42 Å². The van der Waals surface area contributed by atoms with Gasteiger partial charge in [-0.05, 0) is 0 Å². The number of aliphatic hydroxyl groups excluding tert-OH is 1. The van der Waals surface area contributed by atoms with Crippen molar-refractivity contribution in [3.8, 4) is 0 Å². The normalized spacial score (nSPS) is 12.2. The molecule has 0 rings (SSSR count). The zero-order valence-electron chi connectivity index (χ0n) is 4.94. The average molecular weight is 147 g/mol. The number of carboxylic acids is 1. The average Bonchev–Trinajstić information content (AvgIpc) is 1.87. The van der Waals surface area contributed by atoms with Gasteiger partial charge in [-0.25, -0.2) is 10.6 Å². The van der Waals surface area contributed by atoms with Crippen molar-refractivity contribution < 1.29 is 19.8 Å². The molecule has 0 heterocycles. The van der Waals surface area contributed by atoms with Gasteiger partial charge in [0, 0.05) is 0 Å². The second-order valence-corrected chi connectivity index (χ2v) is 1.46. The summed E-state index contributed by atoms with van der Waals surface area (Å²) in [5, 5.41) is 16.5. The maximum atomic E-state index is 10.2. The highest BCUT2D eigenvalue weighted by atomic mass is 16.4. The molecule has 6 nitrogen and oxygen atoms in total. The molecule has 0 aliphatic rings. The van der Waals surface area contributed by atoms with Gasteiger partial charge >= 0.3 is 5.97 Å². The SMILES string of the molecule is NNC(=O)[CH]C(O)C(=O)O. The van der Waals surface area contributed by atoms with Crippen molar-refractivity contribution in [2.45, 2.75) is 6.10 Å². The number of rotatable bonds is 3. The number of carboxylic acid groups (broad SMARTS) is 1. The summed E-state index contributed by atoms with van der Waals surface area (Å²) in [6.45, 7) is 0. The summed E-state index contributed by atoms with van der Waals surface area (Å²) >= 11 is 0. The van der Waals surface area contributed by atoms with Gasteiger partial charge in [0.25, 0.3) is 0 Å². The number of nitrogens with two attached hydrogens (primary N) is 1. The number of hydrogen-bond donors (Lipinski definition) is 4. The van der Waals surface area contributed by atoms with Gasteiger partial charge in [-0.15, -0.1) is 0 Å². The van der Waals surface area contributed by atoms with Crippen molar-refractivity contribution in [1.82, 2.24) is 5.43 Å². The van der Waals surface area contributed by atoms with E-state index in [-0.39, 0.29) is 0 Å². The van der Waals surface area contributed by atoms with Crippen molar-refractivity contribution in [1.29, 1.82) is 0 Å². The Hall–Kier alpha value is -1.14. The summed E-state index contributed by atoms with van der Waals surface area (Å²) in [4.78, 5) is 20.1. The van der Waals surface area contributed by atoms with E-state index in [2.05, 4.69) is 5.84 Å². The highest BCUT2D eigenvalue weighted by Crippen LogP contribution is 1.87. The molecule has 0 bridgehead atoms. The Balaban J connectivity index is 3.68. The lowest BCUT2D eigenvalue weighted by molar-refractivity contribution is -0.146. The number of hydrogen-bond acceptors (Lipinski definition) is 4. The minimum Gasteiger partial charge on any atom is -0.479 e. The molecule has 0 aromatic carbocycles. The molecule has 0 spiro atoms. The molecule has 57 valence electrons. The molecular weight excluding hydrogens is 140 g/mol. The standard InChI is InChI=1S/C4H7N2O4/c5-6-3(8)1-2(7)4(9)10/h1-2,7H,5H2,(H,6,8)(H,9,10). The summed E-state index contributed by atoms with van der Waals surface area (Å²) < 4.78 is 0. The Bertz CT molecular complexity index is 146. The van der Waals surface area contributed by atoms with Crippen molar-refractivity contribution in [2.75, 3.05) is 0 Å². The number of aliphatic carboxylic acids is 1. The van der Waals surface area contributed by atoms with Crippen molar-refractivity contribution in [2.24, 2.45) is 5.84 Å². The van der Waals surface area contributed by atoms with Gasteiger partial charge in [-0.2, -0.15) is 0 Å². The van der Waals surface area contributed by atoms with Gasteiger partial charge in [0.05, 0.1) is 6.42 Å². The minimum atomic E-state index is -1.80. The largest absolute Gasteiger partial charge is 0.479 e. The van der Waals surface area contributed by atoms with Gasteiger partial charge in [0.15, 0.2) is 6.10 Å². The van der Waals surface area contributed by atoms with Gasteiger partial charge < -0.3 is 10.2 Å². The van der Waals surface area contributed by atoms with Crippen LogP contribution in [-0.2, 0) is 9.59 Å². The molecule has 1 radical (unpaired) electrons. The summed E-state index contributed by atoms with van der Waals surface area (Å²) in [6, 6.07) is 0. The van der Waals surface area contributed by atoms with E-state index in [1.165, 1.54) is 0 Å². The second-order valence-electron chi connectivity index (χ2n) is 1.46. The molecule has 0 aromatic rings. The number of carbonyl (C=O) groups excluding carboxylic acids is 1. The maximum Gasteiger partial charge on any atom is 0.333 e. The van der Waals surface area contributed by atoms with E-state index in [1.807, 2.05) is 0 Å². The van der Waals surface area contributed by atoms with E-state index in [4.69, 9.17) is 10.2 Å². The van der Waals surface area contributed by atoms with Crippen LogP contribution in [0.2, 0.25) is 0 Å². The Morgan fingerprint density at radius 1 is 1.60 bits per heavy atom. The lowest BCUT2D eigenvalue weighted by atomic mass is 10.2. The third-order valence-corrected chi connectivity index (χ3v) is 0.705. The smallest absolute Gasteiger partial charge is 0.333 e. The molecule has 0 aliphatic carbocycles. The van der Waals surface area contributed by atoms with Crippen LogP contribution in [-0.4, -0.2) is 28.2 Å². The van der Waals surface area contributed by atoms with Crippen molar-refractivity contribution in [3.63, 3.8) is 0 Å². The Morgan fingerprint density at radius 3 is 2.40 bits per heavy atom. The van der Waals surface area contributed by atoms with Crippen LogP contribution in [0.1, 0.15) is 0 Å². The highest BCUT2D eigenvalue weighted by Gasteiger charge is 2.16. The fourth-order valence-electron chi connectivity index (χ4n) is 0.263. The van der Waals surface area contributed by atoms with Crippen LogP contribution in [0.5, 0.6) is 0 Å². The number of carbonyl (C=O) groups is 2. The quantitative estimate of drug-likeness (QED) is 0.202. The third kappa shape index (κ3) is 3.00. The Labute approximate surface area is 56.6 Å². The van der Waals surface area contributed by atoms with Gasteiger partial charge in [0.2, 0.25) is 5.91 Å². The zero-order valence-corrected chi connectivity index (χ0v) is 4.94. The first kappa shape index (κ1) is 8.86. The first-order valence-corrected chi connectivity index (χ1v) is 2.34. The zero-order chi connectivity index (χ0) is 8.15. The van der Waals surface area contributed by atoms with Crippen LogP contribution in [0.3, 0.4) is 0 Å². The molecule has 0 aromatic heterocycles. The third-order valence-electron chi connectivity index (χ3n) is 0.705. The maximum absolute atomic E-state index is 10.2. The van der Waals surface area contributed by atoms with E-state index >= 15 is 0 Å². The van der Waals surface area contributed by atoms with Crippen LogP contribution < -0.4 is 11.3 Å². The first-order valence-electron chi connectivity index (χ1n) is 2.34. The van der Waals surface area contributed by atoms with Crippen molar-refractivity contribution >= 4 is 11.9 Å². The van der Waals surface area contributed by atoms with E-state index in [9.17, 15) is 9.59 Å². The summed E-state index contributed by atoms with van der Waals surface area (Å²) in [5.74, 6) is 2.25. The van der Waals surface area contributed by atoms with Gasteiger partial charge in [0.1, 0.15) is 0 Å². The predicted molar refractivity (Wildman–Crippen MR) is 30.3 cm³/mol. The molecule has 6 heteroatoms. The monoisotopic (exact) mass is 147 g/mol. The van der Waals surface area contributed by atoms with Gasteiger partial charge in [-0.3, -0.25) is 10.2 Å². The molecule has 0 saturated carbocycles. The molecule has 10 heavy (non-hydrogen) atoms. The number of hydrazine groups is 1. The fourth-order valence-corrected chi connectivity index (χ4v) is 0.263. The molecule has 1 amide bonds. The summed E-state index contributed by atoms with van der Waals surface area (Å²) in [6.07, 6.45) is -1.26. The van der Waals surface area contributed by atoms with Crippen molar-refractivity contribution in [3.05, 3.63) is 6.42 Å². The predicted octanol–water partition coefficient (Wildman–Crippen LogP) is -2.37. The minimum absolute atomic E-state index is 0.544. The first-order chi connectivity index (χ1) is 4.57. The van der Waals surface area contributed by atoms with E-state index < -0.39 is 18.0 Å². The lowest BCUT2D eigenvalue weighted by Gasteiger charge is -2.01.